The van der Waals surface area contributed by atoms with E-state index in [-0.39, 0.29) is 12.4 Å². The minimum atomic E-state index is -0.263. The fourth-order valence-electron chi connectivity index (χ4n) is 3.07. The van der Waals surface area contributed by atoms with Gasteiger partial charge in [-0.15, -0.1) is 0 Å². The quantitative estimate of drug-likeness (QED) is 0.883. The molecule has 0 atom stereocenters. The topological polar surface area (TPSA) is 50.7 Å². The molecule has 3 rings (SSSR count). The summed E-state index contributed by atoms with van der Waals surface area (Å²) in [5.41, 5.74) is 2.22. The van der Waals surface area contributed by atoms with E-state index < -0.39 is 0 Å². The summed E-state index contributed by atoms with van der Waals surface area (Å²) in [6, 6.07) is 8.66. The third kappa shape index (κ3) is 3.20. The van der Waals surface area contributed by atoms with Crippen LogP contribution < -0.4 is 5.32 Å². The molecule has 0 radical (unpaired) electrons. The van der Waals surface area contributed by atoms with Crippen LogP contribution in [0.4, 0.5) is 0 Å². The molecule has 1 spiro atoms. The maximum Gasteiger partial charge on any atom is 0.168 e. The molecule has 0 unspecified atom stereocenters. The second kappa shape index (κ2) is 6.22. The van der Waals surface area contributed by atoms with E-state index in [4.69, 9.17) is 14.6 Å². The zero-order chi connectivity index (χ0) is 13.8. The lowest BCUT2D eigenvalue weighted by Crippen LogP contribution is -2.41. The third-order valence-electron chi connectivity index (χ3n) is 4.36. The van der Waals surface area contributed by atoms with Crippen molar-refractivity contribution in [1.82, 2.24) is 5.32 Å². The van der Waals surface area contributed by atoms with Crippen molar-refractivity contribution in [2.75, 3.05) is 13.2 Å². The third-order valence-corrected chi connectivity index (χ3v) is 4.36. The van der Waals surface area contributed by atoms with Crippen molar-refractivity contribution in [1.29, 1.82) is 0 Å². The van der Waals surface area contributed by atoms with E-state index >= 15 is 0 Å². The summed E-state index contributed by atoms with van der Waals surface area (Å²) in [6.07, 6.45) is 4.20. The highest BCUT2D eigenvalue weighted by atomic mass is 16.7. The van der Waals surface area contributed by atoms with E-state index in [9.17, 15) is 0 Å². The smallest absolute Gasteiger partial charge is 0.168 e. The zero-order valence-corrected chi connectivity index (χ0v) is 11.8. The molecule has 2 fully saturated rings. The summed E-state index contributed by atoms with van der Waals surface area (Å²) >= 11 is 0. The summed E-state index contributed by atoms with van der Waals surface area (Å²) < 4.78 is 11.5. The van der Waals surface area contributed by atoms with E-state index in [2.05, 4.69) is 17.4 Å². The van der Waals surface area contributed by atoms with Crippen LogP contribution in [0, 0.1) is 0 Å². The van der Waals surface area contributed by atoms with Gasteiger partial charge in [-0.05, 0) is 24.0 Å². The van der Waals surface area contributed by atoms with E-state index in [0.29, 0.717) is 6.04 Å². The first kappa shape index (κ1) is 14.0. The number of rotatable bonds is 4. The lowest BCUT2D eigenvalue weighted by Gasteiger charge is -2.35. The van der Waals surface area contributed by atoms with E-state index in [1.807, 2.05) is 12.1 Å². The van der Waals surface area contributed by atoms with Gasteiger partial charge >= 0.3 is 0 Å². The van der Waals surface area contributed by atoms with Gasteiger partial charge in [0, 0.05) is 25.4 Å². The highest BCUT2D eigenvalue weighted by molar-refractivity contribution is 5.21. The molecule has 4 heteroatoms. The Morgan fingerprint density at radius 3 is 2.25 bits per heavy atom. The van der Waals surface area contributed by atoms with Crippen LogP contribution >= 0.6 is 0 Å². The average Bonchev–Trinajstić information content (AvgIpc) is 2.96. The van der Waals surface area contributed by atoms with Crippen LogP contribution in [0.2, 0.25) is 0 Å². The molecule has 0 amide bonds. The van der Waals surface area contributed by atoms with Gasteiger partial charge in [-0.25, -0.2) is 0 Å². The van der Waals surface area contributed by atoms with Gasteiger partial charge in [0.15, 0.2) is 5.79 Å². The van der Waals surface area contributed by atoms with Crippen molar-refractivity contribution < 1.29 is 14.6 Å². The Kier molecular flexibility index (Phi) is 4.36. The predicted molar refractivity (Wildman–Crippen MR) is 76.1 cm³/mol. The number of aliphatic hydroxyl groups is 1. The van der Waals surface area contributed by atoms with Crippen molar-refractivity contribution in [3.05, 3.63) is 35.4 Å². The van der Waals surface area contributed by atoms with Gasteiger partial charge in [-0.1, -0.05) is 24.3 Å². The molecule has 20 heavy (non-hydrogen) atoms. The number of benzene rings is 1. The Labute approximate surface area is 120 Å². The van der Waals surface area contributed by atoms with Crippen molar-refractivity contribution in [2.24, 2.45) is 0 Å². The standard InChI is InChI=1S/C16H23NO3/c18-12-14-3-1-13(2-4-14)11-17-15-5-7-16(8-6-15)19-9-10-20-16/h1-4,15,17-18H,5-12H2. The molecule has 2 N–H and O–H groups in total. The van der Waals surface area contributed by atoms with Crippen LogP contribution in [-0.2, 0) is 22.6 Å². The van der Waals surface area contributed by atoms with Gasteiger partial charge in [-0.2, -0.15) is 0 Å². The molecule has 0 bridgehead atoms. The Bertz CT molecular complexity index is 416. The molecule has 4 nitrogen and oxygen atoms in total. The van der Waals surface area contributed by atoms with Crippen LogP contribution in [0.5, 0.6) is 0 Å². The highest BCUT2D eigenvalue weighted by Gasteiger charge is 2.40. The van der Waals surface area contributed by atoms with Crippen LogP contribution in [-0.4, -0.2) is 30.1 Å². The van der Waals surface area contributed by atoms with E-state index in [1.165, 1.54) is 5.56 Å². The van der Waals surface area contributed by atoms with Gasteiger partial charge in [0.25, 0.3) is 0 Å². The molecular weight excluding hydrogens is 254 g/mol. The molecule has 0 aromatic heterocycles. The van der Waals surface area contributed by atoms with E-state index in [1.54, 1.807) is 0 Å². The lowest BCUT2D eigenvalue weighted by atomic mass is 9.90. The minimum absolute atomic E-state index is 0.110. The normalized spacial score (nSPS) is 22.4. The maximum atomic E-state index is 9.02. The second-order valence-electron chi connectivity index (χ2n) is 5.74. The summed E-state index contributed by atoms with van der Waals surface area (Å²) in [7, 11) is 0. The fourth-order valence-corrected chi connectivity index (χ4v) is 3.07. The van der Waals surface area contributed by atoms with Crippen molar-refractivity contribution in [2.45, 2.75) is 50.7 Å². The molecule has 1 aromatic rings. The molecule has 2 aliphatic rings. The summed E-state index contributed by atoms with van der Waals surface area (Å²) in [6.45, 7) is 2.48. The molecule has 110 valence electrons. The first-order chi connectivity index (χ1) is 9.80. The molecule has 1 aliphatic heterocycles. The summed E-state index contributed by atoms with van der Waals surface area (Å²) in [4.78, 5) is 0. The number of nitrogens with one attached hydrogen (secondary N) is 1. The van der Waals surface area contributed by atoms with Crippen molar-refractivity contribution in [3.8, 4) is 0 Å². The SMILES string of the molecule is OCc1ccc(CNC2CCC3(CC2)OCCO3)cc1. The van der Waals surface area contributed by atoms with Crippen LogP contribution in [0.25, 0.3) is 0 Å². The van der Waals surface area contributed by atoms with Gasteiger partial charge in [0.05, 0.1) is 19.8 Å². The Balaban J connectivity index is 1.45. The number of hydrogen-bond donors (Lipinski definition) is 2. The monoisotopic (exact) mass is 277 g/mol. The lowest BCUT2D eigenvalue weighted by molar-refractivity contribution is -0.179. The van der Waals surface area contributed by atoms with Gasteiger partial charge in [0.2, 0.25) is 0 Å². The second-order valence-corrected chi connectivity index (χ2v) is 5.74. The fraction of sp³-hybridized carbons (Fsp3) is 0.625. The minimum Gasteiger partial charge on any atom is -0.392 e. The average molecular weight is 277 g/mol. The Morgan fingerprint density at radius 2 is 1.65 bits per heavy atom. The van der Waals surface area contributed by atoms with Gasteiger partial charge < -0.3 is 19.9 Å². The predicted octanol–water partition coefficient (Wildman–Crippen LogP) is 1.95. The summed E-state index contributed by atoms with van der Waals surface area (Å²) in [5.74, 6) is -0.263. The van der Waals surface area contributed by atoms with Crippen LogP contribution in [0.15, 0.2) is 24.3 Å². The summed E-state index contributed by atoms with van der Waals surface area (Å²) in [5, 5.41) is 12.6. The largest absolute Gasteiger partial charge is 0.392 e. The van der Waals surface area contributed by atoms with Crippen molar-refractivity contribution >= 4 is 0 Å². The van der Waals surface area contributed by atoms with Gasteiger partial charge in [-0.3, -0.25) is 0 Å². The molecular formula is C16H23NO3. The molecule has 1 aliphatic carbocycles. The maximum absolute atomic E-state index is 9.02. The molecule has 1 saturated heterocycles. The number of ether oxygens (including phenoxy) is 2. The number of aliphatic hydroxyl groups excluding tert-OH is 1. The highest BCUT2D eigenvalue weighted by Crippen LogP contribution is 2.35. The Morgan fingerprint density at radius 1 is 1.05 bits per heavy atom. The van der Waals surface area contributed by atoms with Crippen LogP contribution in [0.3, 0.4) is 0 Å². The Hall–Kier alpha value is -0.940. The molecule has 1 aromatic carbocycles. The van der Waals surface area contributed by atoms with Crippen LogP contribution in [0.1, 0.15) is 36.8 Å². The van der Waals surface area contributed by atoms with E-state index in [0.717, 1.165) is 51.0 Å². The first-order valence-corrected chi connectivity index (χ1v) is 7.50. The van der Waals surface area contributed by atoms with Gasteiger partial charge in [0.1, 0.15) is 0 Å². The molecule has 1 saturated carbocycles. The number of hydrogen-bond acceptors (Lipinski definition) is 4. The van der Waals surface area contributed by atoms with Crippen molar-refractivity contribution in [3.63, 3.8) is 0 Å². The zero-order valence-electron chi connectivity index (χ0n) is 11.8. The molecule has 1 heterocycles. The first-order valence-electron chi connectivity index (χ1n) is 7.50.